The summed E-state index contributed by atoms with van der Waals surface area (Å²) in [5.74, 6) is 0.534. The molecule has 0 radical (unpaired) electrons. The molecule has 1 fully saturated rings. The minimum atomic E-state index is -2.37. The Kier molecular flexibility index (Phi) is 5.28. The Bertz CT molecular complexity index is 415. The lowest BCUT2D eigenvalue weighted by atomic mass is 10.3. The number of aromatic nitrogens is 1. The van der Waals surface area contributed by atoms with Crippen LogP contribution in [0.25, 0.3) is 0 Å². The minimum absolute atomic E-state index is 0.369. The van der Waals surface area contributed by atoms with Gasteiger partial charge in [-0.1, -0.05) is 5.16 Å². The first kappa shape index (κ1) is 14.7. The molecule has 0 spiro atoms. The van der Waals surface area contributed by atoms with Gasteiger partial charge in [0.15, 0.2) is 5.96 Å². The third kappa shape index (κ3) is 4.16. The molecule has 2 rings (SSSR count). The number of guanidine groups is 1. The smallest absolute Gasteiger partial charge is 0.255 e. The first-order valence-corrected chi connectivity index (χ1v) is 6.54. The van der Waals surface area contributed by atoms with E-state index in [4.69, 9.17) is 4.52 Å². The monoisotopic (exact) mass is 287 g/mol. The van der Waals surface area contributed by atoms with E-state index in [9.17, 15) is 8.78 Å². The summed E-state index contributed by atoms with van der Waals surface area (Å²) in [5, 5.41) is 6.56. The average Bonchev–Trinajstić information content (AvgIpc) is 2.94. The van der Waals surface area contributed by atoms with E-state index in [1.165, 1.54) is 0 Å². The zero-order chi connectivity index (χ0) is 14.4. The highest BCUT2D eigenvalue weighted by molar-refractivity contribution is 5.80. The van der Waals surface area contributed by atoms with Gasteiger partial charge in [-0.15, -0.1) is 0 Å². The van der Waals surface area contributed by atoms with E-state index in [-0.39, 0.29) is 6.54 Å². The van der Waals surface area contributed by atoms with E-state index in [2.05, 4.69) is 20.4 Å². The van der Waals surface area contributed by atoms with Crippen LogP contribution in [0.4, 0.5) is 8.78 Å². The van der Waals surface area contributed by atoms with Crippen molar-refractivity contribution >= 4 is 5.96 Å². The second-order valence-corrected chi connectivity index (χ2v) is 4.57. The largest absolute Gasteiger partial charge is 0.364 e. The fourth-order valence-corrected chi connectivity index (χ4v) is 2.17. The summed E-state index contributed by atoms with van der Waals surface area (Å²) in [6.07, 6.45) is -0.818. The molecule has 0 aliphatic carbocycles. The van der Waals surface area contributed by atoms with Crippen molar-refractivity contribution in [3.05, 3.63) is 18.0 Å². The number of rotatable bonds is 4. The molecule has 6 nitrogen and oxygen atoms in total. The molecular formula is C12H19F2N5O. The van der Waals surface area contributed by atoms with Gasteiger partial charge in [-0.2, -0.15) is 0 Å². The highest BCUT2D eigenvalue weighted by atomic mass is 19.3. The molecule has 112 valence electrons. The third-order valence-electron chi connectivity index (χ3n) is 3.17. The van der Waals surface area contributed by atoms with Gasteiger partial charge >= 0.3 is 0 Å². The van der Waals surface area contributed by atoms with Gasteiger partial charge in [0.25, 0.3) is 6.43 Å². The number of hydrogen-bond acceptors (Lipinski definition) is 4. The lowest BCUT2D eigenvalue weighted by molar-refractivity contribution is 0.145. The van der Waals surface area contributed by atoms with Crippen LogP contribution in [0.3, 0.4) is 0 Å². The summed E-state index contributed by atoms with van der Waals surface area (Å²) in [6, 6.07) is 1.84. The van der Waals surface area contributed by atoms with E-state index >= 15 is 0 Å². The third-order valence-corrected chi connectivity index (χ3v) is 3.17. The van der Waals surface area contributed by atoms with Crippen molar-refractivity contribution in [3.63, 3.8) is 0 Å². The number of piperazine rings is 1. The molecule has 1 aromatic rings. The van der Waals surface area contributed by atoms with Crippen molar-refractivity contribution < 1.29 is 13.3 Å². The van der Waals surface area contributed by atoms with Crippen molar-refractivity contribution in [2.75, 3.05) is 39.8 Å². The molecule has 0 saturated carbocycles. The maximum absolute atomic E-state index is 12.2. The van der Waals surface area contributed by atoms with Crippen molar-refractivity contribution in [3.8, 4) is 0 Å². The molecule has 1 N–H and O–H groups in total. The quantitative estimate of drug-likeness (QED) is 0.650. The normalized spacial score (nSPS) is 17.8. The molecule has 0 unspecified atom stereocenters. The van der Waals surface area contributed by atoms with Crippen LogP contribution in [0.2, 0.25) is 0 Å². The standard InChI is InChI=1S/C12H19F2N5O/c1-15-12(16-8-11(13)14)19-5-3-18(4-6-19)9-10-2-7-20-17-10/h2,7,11H,3-6,8-9H2,1H3,(H,15,16). The number of alkyl halides is 2. The predicted octanol–water partition coefficient (Wildman–Crippen LogP) is 0.633. The summed E-state index contributed by atoms with van der Waals surface area (Å²) < 4.78 is 29.2. The van der Waals surface area contributed by atoms with Crippen molar-refractivity contribution in [2.45, 2.75) is 13.0 Å². The zero-order valence-corrected chi connectivity index (χ0v) is 11.4. The van der Waals surface area contributed by atoms with Crippen LogP contribution in [0, 0.1) is 0 Å². The fraction of sp³-hybridized carbons (Fsp3) is 0.667. The van der Waals surface area contributed by atoms with Gasteiger partial charge in [0.05, 0.1) is 12.2 Å². The van der Waals surface area contributed by atoms with Crippen LogP contribution in [0.1, 0.15) is 5.69 Å². The number of nitrogens with one attached hydrogen (secondary N) is 1. The van der Waals surface area contributed by atoms with Gasteiger partial charge < -0.3 is 14.7 Å². The van der Waals surface area contributed by atoms with Gasteiger partial charge in [-0.05, 0) is 0 Å². The fourth-order valence-electron chi connectivity index (χ4n) is 2.17. The molecule has 0 aromatic carbocycles. The highest BCUT2D eigenvalue weighted by Crippen LogP contribution is 2.07. The average molecular weight is 287 g/mol. The molecule has 0 amide bonds. The Morgan fingerprint density at radius 2 is 2.20 bits per heavy atom. The molecule has 20 heavy (non-hydrogen) atoms. The van der Waals surface area contributed by atoms with Gasteiger partial charge in [-0.3, -0.25) is 9.89 Å². The molecule has 1 aliphatic heterocycles. The van der Waals surface area contributed by atoms with Crippen molar-refractivity contribution in [1.29, 1.82) is 0 Å². The predicted molar refractivity (Wildman–Crippen MR) is 70.7 cm³/mol. The van der Waals surface area contributed by atoms with Gasteiger partial charge in [0.1, 0.15) is 6.26 Å². The molecular weight excluding hydrogens is 268 g/mol. The van der Waals surface area contributed by atoms with E-state index in [0.717, 1.165) is 38.4 Å². The Hall–Kier alpha value is -1.70. The summed E-state index contributed by atoms with van der Waals surface area (Å²) in [4.78, 5) is 8.27. The van der Waals surface area contributed by atoms with Crippen LogP contribution in [-0.2, 0) is 6.54 Å². The van der Waals surface area contributed by atoms with Gasteiger partial charge in [0, 0.05) is 45.8 Å². The molecule has 0 bridgehead atoms. The summed E-state index contributed by atoms with van der Waals surface area (Å²) in [6.45, 7) is 3.55. The van der Waals surface area contributed by atoms with E-state index in [1.807, 2.05) is 11.0 Å². The molecule has 8 heteroatoms. The second kappa shape index (κ2) is 7.18. The second-order valence-electron chi connectivity index (χ2n) is 4.57. The van der Waals surface area contributed by atoms with Crippen LogP contribution in [0.5, 0.6) is 0 Å². The van der Waals surface area contributed by atoms with Gasteiger partial charge in [-0.25, -0.2) is 8.78 Å². The van der Waals surface area contributed by atoms with Crippen LogP contribution in [0.15, 0.2) is 21.8 Å². The summed E-state index contributed by atoms with van der Waals surface area (Å²) in [5.41, 5.74) is 0.902. The summed E-state index contributed by atoms with van der Waals surface area (Å²) >= 11 is 0. The Morgan fingerprint density at radius 3 is 2.75 bits per heavy atom. The maximum Gasteiger partial charge on any atom is 0.255 e. The lowest BCUT2D eigenvalue weighted by Crippen LogP contribution is -2.52. The number of nitrogens with zero attached hydrogens (tertiary/aromatic N) is 4. The molecule has 2 heterocycles. The van der Waals surface area contributed by atoms with E-state index < -0.39 is 6.43 Å². The minimum Gasteiger partial charge on any atom is -0.364 e. The maximum atomic E-state index is 12.2. The Labute approximate surface area is 116 Å². The number of hydrogen-bond donors (Lipinski definition) is 1. The van der Waals surface area contributed by atoms with E-state index in [0.29, 0.717) is 5.96 Å². The van der Waals surface area contributed by atoms with E-state index in [1.54, 1.807) is 13.3 Å². The van der Waals surface area contributed by atoms with Crippen LogP contribution in [-0.4, -0.2) is 67.1 Å². The first-order valence-electron chi connectivity index (χ1n) is 6.54. The Balaban J connectivity index is 1.78. The first-order chi connectivity index (χ1) is 9.69. The molecule has 0 atom stereocenters. The summed E-state index contributed by atoms with van der Waals surface area (Å²) in [7, 11) is 1.61. The van der Waals surface area contributed by atoms with Crippen LogP contribution >= 0.6 is 0 Å². The Morgan fingerprint density at radius 1 is 1.45 bits per heavy atom. The van der Waals surface area contributed by atoms with Crippen molar-refractivity contribution in [2.24, 2.45) is 4.99 Å². The molecule has 1 aromatic heterocycles. The highest BCUT2D eigenvalue weighted by Gasteiger charge is 2.20. The topological polar surface area (TPSA) is 56.9 Å². The number of halogens is 2. The van der Waals surface area contributed by atoms with Crippen LogP contribution < -0.4 is 5.32 Å². The molecule has 1 saturated heterocycles. The molecule has 1 aliphatic rings. The van der Waals surface area contributed by atoms with Crippen molar-refractivity contribution in [1.82, 2.24) is 20.3 Å². The van der Waals surface area contributed by atoms with Gasteiger partial charge in [0.2, 0.25) is 0 Å². The zero-order valence-electron chi connectivity index (χ0n) is 11.4. The number of aliphatic imine (C=N–C) groups is 1. The SMILES string of the molecule is CN=C(NCC(F)F)N1CCN(Cc2ccon2)CC1. The lowest BCUT2D eigenvalue weighted by Gasteiger charge is -2.36.